The molecule has 0 rings (SSSR count). The molecular weight excluding hydrogens is 971 g/mol. The van der Waals surface area contributed by atoms with Gasteiger partial charge >= 0.3 is 0 Å². The number of carbonyl (C=O) groups is 1. The molecule has 0 aromatic rings. The molecule has 6 nitrogen and oxygen atoms in total. The fourth-order valence-electron chi connectivity index (χ4n) is 11.8. The van der Waals surface area contributed by atoms with Crippen LogP contribution in [0.4, 0.5) is 0 Å². The van der Waals surface area contributed by atoms with Gasteiger partial charge in [-0.3, -0.25) is 4.79 Å². The van der Waals surface area contributed by atoms with Crippen LogP contribution in [0, 0.1) is 0 Å². The van der Waals surface area contributed by atoms with Crippen molar-refractivity contribution >= 4 is 5.91 Å². The number of aliphatic hydroxyl groups excluding tert-OH is 4. The minimum Gasteiger partial charge on any atom is -0.394 e. The van der Waals surface area contributed by atoms with Crippen LogP contribution in [0.25, 0.3) is 0 Å². The maximum Gasteiger partial charge on any atom is 0.249 e. The Hall–Kier alpha value is -1.21. The van der Waals surface area contributed by atoms with Crippen LogP contribution in [-0.2, 0) is 4.79 Å². The SMILES string of the molecule is CCCCCCCCCCCCCCCCC/C=C\C/C=C\CCCCCCCCCCCCCCCCCCC(O)C(=O)NC(CO)C(O)C(O)CCCCCCCCCCCCCCCCCCCCCCCCCCC. The molecule has 6 heteroatoms. The third kappa shape index (κ3) is 61.2. The van der Waals surface area contributed by atoms with Gasteiger partial charge in [0.25, 0.3) is 0 Å². The van der Waals surface area contributed by atoms with Gasteiger partial charge in [-0.2, -0.15) is 0 Å². The molecule has 0 aliphatic carbocycles. The summed E-state index contributed by atoms with van der Waals surface area (Å²) in [6.07, 6.45) is 86.0. The zero-order valence-corrected chi connectivity index (χ0v) is 53.7. The summed E-state index contributed by atoms with van der Waals surface area (Å²) >= 11 is 0. The summed E-state index contributed by atoms with van der Waals surface area (Å²) in [4.78, 5) is 12.7. The van der Waals surface area contributed by atoms with E-state index in [9.17, 15) is 25.2 Å². The summed E-state index contributed by atoms with van der Waals surface area (Å²) in [5, 5.41) is 44.3. The Kier molecular flexibility index (Phi) is 66.5. The molecule has 0 saturated carbocycles. The first-order chi connectivity index (χ1) is 39.0. The van der Waals surface area contributed by atoms with Crippen LogP contribution in [0.2, 0.25) is 0 Å². The first-order valence-electron chi connectivity index (χ1n) is 36.2. The minimum atomic E-state index is -1.26. The van der Waals surface area contributed by atoms with E-state index in [1.165, 1.54) is 334 Å². The molecule has 470 valence electrons. The molecule has 79 heavy (non-hydrogen) atoms. The number of aliphatic hydroxyl groups is 4. The van der Waals surface area contributed by atoms with Crippen molar-refractivity contribution in [2.24, 2.45) is 0 Å². The predicted octanol–water partition coefficient (Wildman–Crippen LogP) is 22.5. The summed E-state index contributed by atoms with van der Waals surface area (Å²) in [5.74, 6) is -0.576. The molecule has 0 radical (unpaired) electrons. The molecule has 0 aliphatic rings. The van der Waals surface area contributed by atoms with Gasteiger partial charge in [-0.05, 0) is 44.9 Å². The second-order valence-corrected chi connectivity index (χ2v) is 25.3. The minimum absolute atomic E-state index is 0.372. The zero-order chi connectivity index (χ0) is 57.3. The van der Waals surface area contributed by atoms with Gasteiger partial charge in [0.1, 0.15) is 12.2 Å². The van der Waals surface area contributed by atoms with Crippen LogP contribution in [0.1, 0.15) is 406 Å². The van der Waals surface area contributed by atoms with Crippen LogP contribution in [0.5, 0.6) is 0 Å². The number of rotatable bonds is 68. The second kappa shape index (κ2) is 67.6. The summed E-state index contributed by atoms with van der Waals surface area (Å²) < 4.78 is 0. The molecule has 0 saturated heterocycles. The fourth-order valence-corrected chi connectivity index (χ4v) is 11.8. The lowest BCUT2D eigenvalue weighted by Crippen LogP contribution is -2.53. The Morgan fingerprint density at radius 3 is 0.797 bits per heavy atom. The van der Waals surface area contributed by atoms with Crippen LogP contribution in [-0.4, -0.2) is 57.3 Å². The second-order valence-electron chi connectivity index (χ2n) is 25.3. The normalized spacial score (nSPS) is 13.5. The average molecular weight is 1110 g/mol. The van der Waals surface area contributed by atoms with Gasteiger partial charge in [-0.25, -0.2) is 0 Å². The Bertz CT molecular complexity index is 1210. The highest BCUT2D eigenvalue weighted by atomic mass is 16.3. The average Bonchev–Trinajstić information content (AvgIpc) is 3.45. The van der Waals surface area contributed by atoms with Crippen LogP contribution >= 0.6 is 0 Å². The van der Waals surface area contributed by atoms with Gasteiger partial charge in [0, 0.05) is 0 Å². The Balaban J connectivity index is 3.52. The highest BCUT2D eigenvalue weighted by Gasteiger charge is 2.28. The van der Waals surface area contributed by atoms with Crippen LogP contribution in [0.3, 0.4) is 0 Å². The number of allylic oxidation sites excluding steroid dienone is 4. The monoisotopic (exact) mass is 1110 g/mol. The van der Waals surface area contributed by atoms with Gasteiger partial charge in [0.15, 0.2) is 0 Å². The molecule has 4 atom stereocenters. The number of nitrogens with one attached hydrogen (secondary N) is 1. The largest absolute Gasteiger partial charge is 0.394 e. The first kappa shape index (κ1) is 77.8. The number of hydrogen-bond acceptors (Lipinski definition) is 5. The third-order valence-electron chi connectivity index (χ3n) is 17.4. The molecule has 0 aliphatic heterocycles. The van der Waals surface area contributed by atoms with Gasteiger partial charge in [0.2, 0.25) is 5.91 Å². The van der Waals surface area contributed by atoms with Gasteiger partial charge in [-0.15, -0.1) is 0 Å². The highest BCUT2D eigenvalue weighted by molar-refractivity contribution is 5.80. The Morgan fingerprint density at radius 2 is 0.544 bits per heavy atom. The van der Waals surface area contributed by atoms with Crippen molar-refractivity contribution in [2.75, 3.05) is 6.61 Å². The van der Waals surface area contributed by atoms with E-state index in [0.29, 0.717) is 12.8 Å². The third-order valence-corrected chi connectivity index (χ3v) is 17.4. The fraction of sp³-hybridized carbons (Fsp3) is 0.932. The van der Waals surface area contributed by atoms with E-state index in [1.807, 2.05) is 0 Å². The lowest BCUT2D eigenvalue weighted by atomic mass is 9.99. The molecule has 0 spiro atoms. The van der Waals surface area contributed by atoms with Gasteiger partial charge in [-0.1, -0.05) is 385 Å². The Labute approximate surface area is 495 Å². The molecule has 0 aromatic carbocycles. The molecule has 0 aromatic heterocycles. The summed E-state index contributed by atoms with van der Waals surface area (Å²) in [6.45, 7) is 4.11. The van der Waals surface area contributed by atoms with Crippen LogP contribution < -0.4 is 5.32 Å². The van der Waals surface area contributed by atoms with Crippen molar-refractivity contribution in [1.29, 1.82) is 0 Å². The van der Waals surface area contributed by atoms with E-state index < -0.39 is 36.9 Å². The number of carbonyl (C=O) groups excluding carboxylic acids is 1. The molecule has 5 N–H and O–H groups in total. The van der Waals surface area contributed by atoms with Crippen molar-refractivity contribution < 1.29 is 25.2 Å². The molecule has 1 amide bonds. The molecule has 4 unspecified atom stereocenters. The number of unbranched alkanes of at least 4 members (excludes halogenated alkanes) is 55. The smallest absolute Gasteiger partial charge is 0.249 e. The van der Waals surface area contributed by atoms with E-state index in [0.717, 1.165) is 44.9 Å². The summed E-state index contributed by atoms with van der Waals surface area (Å²) in [7, 11) is 0. The van der Waals surface area contributed by atoms with E-state index in [-0.39, 0.29) is 0 Å². The topological polar surface area (TPSA) is 110 Å². The van der Waals surface area contributed by atoms with E-state index in [4.69, 9.17) is 0 Å². The number of amides is 1. The van der Waals surface area contributed by atoms with Gasteiger partial charge < -0.3 is 25.7 Å². The number of hydrogen-bond donors (Lipinski definition) is 5. The maximum absolute atomic E-state index is 12.7. The molecular formula is C73H143NO5. The van der Waals surface area contributed by atoms with E-state index >= 15 is 0 Å². The molecule has 0 fully saturated rings. The Morgan fingerprint density at radius 1 is 0.316 bits per heavy atom. The summed E-state index contributed by atoms with van der Waals surface area (Å²) in [6, 6.07) is -0.986. The van der Waals surface area contributed by atoms with Crippen molar-refractivity contribution in [3.8, 4) is 0 Å². The standard InChI is InChI=1S/C73H143NO5/c1-3-5-7-9-11-13-15-17-19-21-23-25-27-29-30-31-32-33-34-35-36-37-38-39-40-41-43-45-47-49-51-53-55-57-59-61-63-65-67-71(77)73(79)74-69(68-75)72(78)70(76)66-64-62-60-58-56-54-52-50-48-46-44-42-28-26-24-22-20-18-16-14-12-10-8-6-4-2/h32-33,35-36,69-72,75-78H,3-31,34,37-68H2,1-2H3,(H,74,79)/b33-32-,36-35-. The zero-order valence-electron chi connectivity index (χ0n) is 53.7. The lowest BCUT2D eigenvalue weighted by molar-refractivity contribution is -0.132. The lowest BCUT2D eigenvalue weighted by Gasteiger charge is -2.27. The van der Waals surface area contributed by atoms with E-state index in [1.54, 1.807) is 0 Å². The molecule has 0 bridgehead atoms. The van der Waals surface area contributed by atoms with Crippen LogP contribution in [0.15, 0.2) is 24.3 Å². The van der Waals surface area contributed by atoms with Crippen molar-refractivity contribution in [1.82, 2.24) is 5.32 Å². The highest BCUT2D eigenvalue weighted by Crippen LogP contribution is 2.20. The van der Waals surface area contributed by atoms with Crippen molar-refractivity contribution in [3.63, 3.8) is 0 Å². The van der Waals surface area contributed by atoms with E-state index in [2.05, 4.69) is 43.5 Å². The predicted molar refractivity (Wildman–Crippen MR) is 348 cm³/mol. The molecule has 0 heterocycles. The first-order valence-corrected chi connectivity index (χ1v) is 36.2. The quantitative estimate of drug-likeness (QED) is 0.0308. The summed E-state index contributed by atoms with van der Waals surface area (Å²) in [5.41, 5.74) is 0. The van der Waals surface area contributed by atoms with Crippen molar-refractivity contribution in [2.45, 2.75) is 430 Å². The maximum atomic E-state index is 12.7. The van der Waals surface area contributed by atoms with Gasteiger partial charge in [0.05, 0.1) is 18.8 Å². The van der Waals surface area contributed by atoms with Crippen molar-refractivity contribution in [3.05, 3.63) is 24.3 Å².